The van der Waals surface area contributed by atoms with Gasteiger partial charge in [-0.25, -0.2) is 8.42 Å². The quantitative estimate of drug-likeness (QED) is 0.772. The van der Waals surface area contributed by atoms with Crippen molar-refractivity contribution in [3.63, 3.8) is 0 Å². The van der Waals surface area contributed by atoms with E-state index in [-0.39, 0.29) is 16.0 Å². The average molecular weight is 370 g/mol. The lowest BCUT2D eigenvalue weighted by atomic mass is 10.1. The van der Waals surface area contributed by atoms with E-state index < -0.39 is 10.0 Å². The Morgan fingerprint density at radius 2 is 2.04 bits per heavy atom. The molecule has 2 aromatic rings. The molecule has 1 fully saturated rings. The largest absolute Gasteiger partial charge is 0.495 e. The van der Waals surface area contributed by atoms with Gasteiger partial charge in [-0.2, -0.15) is 9.29 Å². The molecule has 0 N–H and O–H groups in total. The molecule has 0 atom stereocenters. The van der Waals surface area contributed by atoms with Crippen molar-refractivity contribution in [3.8, 4) is 11.6 Å². The Balaban J connectivity index is 1.59. The highest BCUT2D eigenvalue weighted by atomic mass is 35.5. The Kier molecular flexibility index (Phi) is 4.88. The predicted octanol–water partition coefficient (Wildman–Crippen LogP) is 1.84. The number of ether oxygens (including phenoxy) is 2. The third-order valence-electron chi connectivity index (χ3n) is 3.66. The van der Waals surface area contributed by atoms with Crippen LogP contribution in [0.15, 0.2) is 41.6 Å². The van der Waals surface area contributed by atoms with Crippen molar-refractivity contribution in [1.82, 2.24) is 14.3 Å². The van der Waals surface area contributed by atoms with Gasteiger partial charge >= 0.3 is 0 Å². The molecular weight excluding hydrogens is 354 g/mol. The highest BCUT2D eigenvalue weighted by Gasteiger charge is 2.38. The molecule has 128 valence electrons. The minimum Gasteiger partial charge on any atom is -0.495 e. The van der Waals surface area contributed by atoms with Crippen LogP contribution in [0.4, 0.5) is 0 Å². The number of hydrogen-bond donors (Lipinski definition) is 0. The Morgan fingerprint density at radius 3 is 2.75 bits per heavy atom. The molecule has 0 spiro atoms. The van der Waals surface area contributed by atoms with Crippen molar-refractivity contribution in [2.75, 3.05) is 26.8 Å². The Bertz CT molecular complexity index is 825. The molecule has 0 unspecified atom stereocenters. The number of halogens is 1. The van der Waals surface area contributed by atoms with Crippen molar-refractivity contribution in [2.24, 2.45) is 5.92 Å². The van der Waals surface area contributed by atoms with Crippen molar-refractivity contribution < 1.29 is 17.9 Å². The zero-order chi connectivity index (χ0) is 17.2. The van der Waals surface area contributed by atoms with Crippen LogP contribution in [0.2, 0.25) is 5.15 Å². The molecule has 2 heterocycles. The van der Waals surface area contributed by atoms with Crippen LogP contribution in [0.1, 0.15) is 0 Å². The van der Waals surface area contributed by atoms with Crippen molar-refractivity contribution in [3.05, 3.63) is 41.8 Å². The fourth-order valence-corrected chi connectivity index (χ4v) is 4.28. The number of nitrogens with zero attached hydrogens (tertiary/aromatic N) is 3. The van der Waals surface area contributed by atoms with Crippen LogP contribution in [0.5, 0.6) is 11.6 Å². The lowest BCUT2D eigenvalue weighted by Gasteiger charge is -2.37. The standard InChI is InChI=1S/C15H16ClN3O4S/c1-22-12-4-2-3-5-13(12)24(20,21)19-8-11(9-19)10-23-15-7-17-6-14(16)18-15/h2-7,11H,8-10H2,1H3. The molecule has 0 aliphatic carbocycles. The van der Waals surface area contributed by atoms with Gasteiger partial charge < -0.3 is 9.47 Å². The topological polar surface area (TPSA) is 81.6 Å². The summed E-state index contributed by atoms with van der Waals surface area (Å²) < 4.78 is 37.3. The summed E-state index contributed by atoms with van der Waals surface area (Å²) in [5.74, 6) is 0.759. The first kappa shape index (κ1) is 16.9. The summed E-state index contributed by atoms with van der Waals surface area (Å²) in [7, 11) is -2.11. The number of aromatic nitrogens is 2. The molecule has 0 saturated carbocycles. The van der Waals surface area contributed by atoms with E-state index in [2.05, 4.69) is 9.97 Å². The van der Waals surface area contributed by atoms with Crippen LogP contribution in [-0.2, 0) is 10.0 Å². The summed E-state index contributed by atoms with van der Waals surface area (Å²) in [6, 6.07) is 6.58. The summed E-state index contributed by atoms with van der Waals surface area (Å²) in [6.07, 6.45) is 2.88. The van der Waals surface area contributed by atoms with Gasteiger partial charge in [0.15, 0.2) is 5.15 Å². The van der Waals surface area contributed by atoms with Crippen molar-refractivity contribution in [1.29, 1.82) is 0 Å². The average Bonchev–Trinajstić information content (AvgIpc) is 2.53. The molecule has 7 nitrogen and oxygen atoms in total. The lowest BCUT2D eigenvalue weighted by Crippen LogP contribution is -2.51. The van der Waals surface area contributed by atoms with E-state index in [9.17, 15) is 8.42 Å². The molecule has 0 amide bonds. The van der Waals surface area contributed by atoms with Crippen molar-refractivity contribution >= 4 is 21.6 Å². The van der Waals surface area contributed by atoms with Crippen LogP contribution in [0.25, 0.3) is 0 Å². The molecule has 1 saturated heterocycles. The molecule has 1 aromatic carbocycles. The van der Waals surface area contributed by atoms with Gasteiger partial charge in [0.1, 0.15) is 10.6 Å². The third-order valence-corrected chi connectivity index (χ3v) is 5.71. The smallest absolute Gasteiger partial charge is 0.246 e. The molecular formula is C15H16ClN3O4S. The van der Waals surface area contributed by atoms with E-state index in [0.29, 0.717) is 31.3 Å². The minimum atomic E-state index is -3.56. The van der Waals surface area contributed by atoms with E-state index >= 15 is 0 Å². The highest BCUT2D eigenvalue weighted by Crippen LogP contribution is 2.30. The second kappa shape index (κ2) is 6.92. The molecule has 1 aromatic heterocycles. The van der Waals surface area contributed by atoms with Gasteiger partial charge in [-0.05, 0) is 12.1 Å². The monoisotopic (exact) mass is 369 g/mol. The summed E-state index contributed by atoms with van der Waals surface area (Å²) in [6.45, 7) is 1.12. The molecule has 24 heavy (non-hydrogen) atoms. The van der Waals surface area contributed by atoms with Gasteiger partial charge in [0, 0.05) is 19.0 Å². The fraction of sp³-hybridized carbons (Fsp3) is 0.333. The summed E-state index contributed by atoms with van der Waals surface area (Å²) >= 11 is 5.73. The second-order valence-corrected chi connectivity index (χ2v) is 7.62. The van der Waals surface area contributed by atoms with E-state index in [1.54, 1.807) is 24.3 Å². The van der Waals surface area contributed by atoms with Gasteiger partial charge in [-0.3, -0.25) is 4.98 Å². The maximum atomic E-state index is 12.6. The molecule has 3 rings (SSSR count). The number of hydrogen-bond acceptors (Lipinski definition) is 6. The van der Waals surface area contributed by atoms with Crippen LogP contribution in [0.3, 0.4) is 0 Å². The molecule has 0 radical (unpaired) electrons. The zero-order valence-electron chi connectivity index (χ0n) is 12.9. The number of para-hydroxylation sites is 1. The maximum Gasteiger partial charge on any atom is 0.246 e. The number of rotatable bonds is 6. The normalized spacial score (nSPS) is 15.8. The molecule has 1 aliphatic heterocycles. The zero-order valence-corrected chi connectivity index (χ0v) is 14.5. The molecule has 9 heteroatoms. The van der Waals surface area contributed by atoms with Crippen molar-refractivity contribution in [2.45, 2.75) is 4.90 Å². The maximum absolute atomic E-state index is 12.6. The molecule has 0 bridgehead atoms. The number of benzene rings is 1. The van der Waals surface area contributed by atoms with Gasteiger partial charge in [0.2, 0.25) is 15.9 Å². The van der Waals surface area contributed by atoms with E-state index in [1.165, 1.54) is 23.8 Å². The van der Waals surface area contributed by atoms with Crippen LogP contribution in [0, 0.1) is 5.92 Å². The van der Waals surface area contributed by atoms with Gasteiger partial charge in [0.05, 0.1) is 26.1 Å². The first-order valence-corrected chi connectivity index (χ1v) is 9.06. The summed E-state index contributed by atoms with van der Waals surface area (Å²) in [5.41, 5.74) is 0. The number of methoxy groups -OCH3 is 1. The predicted molar refractivity (Wildman–Crippen MR) is 87.8 cm³/mol. The first-order chi connectivity index (χ1) is 11.5. The van der Waals surface area contributed by atoms with E-state index in [0.717, 1.165) is 0 Å². The van der Waals surface area contributed by atoms with Crippen LogP contribution >= 0.6 is 11.6 Å². The lowest BCUT2D eigenvalue weighted by molar-refractivity contribution is 0.126. The Hall–Kier alpha value is -1.90. The summed E-state index contributed by atoms with van der Waals surface area (Å²) in [5, 5.41) is 0.251. The molecule has 1 aliphatic rings. The Labute approximate surface area is 145 Å². The van der Waals surface area contributed by atoms with E-state index in [4.69, 9.17) is 21.1 Å². The van der Waals surface area contributed by atoms with Gasteiger partial charge in [-0.1, -0.05) is 23.7 Å². The fourth-order valence-electron chi connectivity index (χ4n) is 2.39. The number of sulfonamides is 1. The third kappa shape index (κ3) is 3.45. The highest BCUT2D eigenvalue weighted by molar-refractivity contribution is 7.89. The minimum absolute atomic E-state index is 0.0928. The summed E-state index contributed by atoms with van der Waals surface area (Å²) in [4.78, 5) is 8.03. The van der Waals surface area contributed by atoms with Crippen LogP contribution in [-0.4, -0.2) is 49.5 Å². The first-order valence-electron chi connectivity index (χ1n) is 7.24. The van der Waals surface area contributed by atoms with Gasteiger partial charge in [0.25, 0.3) is 0 Å². The Morgan fingerprint density at radius 1 is 1.29 bits per heavy atom. The second-order valence-electron chi connectivity index (χ2n) is 5.33. The van der Waals surface area contributed by atoms with Crippen LogP contribution < -0.4 is 9.47 Å². The van der Waals surface area contributed by atoms with E-state index in [1.807, 2.05) is 0 Å². The SMILES string of the molecule is COc1ccccc1S(=O)(=O)N1CC(COc2cncc(Cl)n2)C1. The van der Waals surface area contributed by atoms with Gasteiger partial charge in [-0.15, -0.1) is 0 Å².